The molecule has 0 aliphatic carbocycles. The predicted molar refractivity (Wildman–Crippen MR) is 124 cm³/mol. The first kappa shape index (κ1) is 24.3. The Morgan fingerprint density at radius 3 is 2.32 bits per heavy atom. The van der Waals surface area contributed by atoms with Crippen molar-refractivity contribution in [3.63, 3.8) is 0 Å². The smallest absolute Gasteiger partial charge is 0.341 e. The summed E-state index contributed by atoms with van der Waals surface area (Å²) in [7, 11) is 0. The molecule has 2 amide bonds. The first-order valence-corrected chi connectivity index (χ1v) is 11.7. The van der Waals surface area contributed by atoms with Gasteiger partial charge in [-0.3, -0.25) is 9.59 Å². The minimum absolute atomic E-state index is 0.0660. The second-order valence-corrected chi connectivity index (χ2v) is 10.7. The number of likely N-dealkylation sites (tertiary alicyclic amines) is 1. The van der Waals surface area contributed by atoms with Gasteiger partial charge in [-0.25, -0.2) is 0 Å². The van der Waals surface area contributed by atoms with Gasteiger partial charge in [0.1, 0.15) is 0 Å². The Labute approximate surface area is 198 Å². The summed E-state index contributed by atoms with van der Waals surface area (Å²) in [6.45, 7) is 7.44. The SMILES string of the molecule is CC(C)(C)CC(=O)N1CC(C(=O)N2CCc3ccccc3C2)C(c2cccc(C(F)(F)F)c2)C1. The molecule has 2 aliphatic heterocycles. The Bertz CT molecular complexity index is 1070. The van der Waals surface area contributed by atoms with Crippen molar-refractivity contribution in [3.8, 4) is 0 Å². The largest absolute Gasteiger partial charge is 0.416 e. The minimum atomic E-state index is -4.47. The van der Waals surface area contributed by atoms with Gasteiger partial charge in [0, 0.05) is 38.5 Å². The van der Waals surface area contributed by atoms with E-state index in [1.807, 2.05) is 39.0 Å². The van der Waals surface area contributed by atoms with E-state index in [0.29, 0.717) is 25.1 Å². The molecule has 182 valence electrons. The molecule has 0 bridgehead atoms. The zero-order valence-electron chi connectivity index (χ0n) is 19.9. The van der Waals surface area contributed by atoms with Gasteiger partial charge in [0.05, 0.1) is 11.5 Å². The molecule has 2 aromatic carbocycles. The van der Waals surface area contributed by atoms with Crippen LogP contribution in [0.25, 0.3) is 0 Å². The predicted octanol–water partition coefficient (Wildman–Crippen LogP) is 5.27. The highest BCUT2D eigenvalue weighted by molar-refractivity contribution is 5.84. The van der Waals surface area contributed by atoms with Crippen molar-refractivity contribution < 1.29 is 22.8 Å². The molecular formula is C27H31F3N2O2. The molecule has 2 heterocycles. The lowest BCUT2D eigenvalue weighted by Crippen LogP contribution is -2.42. The van der Waals surface area contributed by atoms with Crippen LogP contribution in [0.4, 0.5) is 13.2 Å². The molecule has 0 radical (unpaired) electrons. The second-order valence-electron chi connectivity index (χ2n) is 10.7. The van der Waals surface area contributed by atoms with E-state index in [1.54, 1.807) is 15.9 Å². The third-order valence-corrected chi connectivity index (χ3v) is 6.76. The maximum Gasteiger partial charge on any atom is 0.416 e. The van der Waals surface area contributed by atoms with E-state index in [1.165, 1.54) is 11.6 Å². The topological polar surface area (TPSA) is 40.6 Å². The van der Waals surface area contributed by atoms with Crippen LogP contribution in [0, 0.1) is 11.3 Å². The van der Waals surface area contributed by atoms with Gasteiger partial charge in [0.25, 0.3) is 0 Å². The maximum absolute atomic E-state index is 13.7. The van der Waals surface area contributed by atoms with Crippen molar-refractivity contribution in [3.05, 3.63) is 70.8 Å². The monoisotopic (exact) mass is 472 g/mol. The molecule has 0 aromatic heterocycles. The van der Waals surface area contributed by atoms with Crippen LogP contribution in [0.5, 0.6) is 0 Å². The van der Waals surface area contributed by atoms with Gasteiger partial charge < -0.3 is 9.80 Å². The van der Waals surface area contributed by atoms with Crippen LogP contribution >= 0.6 is 0 Å². The number of halogens is 3. The molecule has 4 nitrogen and oxygen atoms in total. The van der Waals surface area contributed by atoms with E-state index >= 15 is 0 Å². The average Bonchev–Trinajstić information content (AvgIpc) is 3.22. The second kappa shape index (κ2) is 9.08. The fourth-order valence-corrected chi connectivity index (χ4v) is 5.02. The Balaban J connectivity index is 1.62. The van der Waals surface area contributed by atoms with Crippen molar-refractivity contribution in [2.45, 2.75) is 52.3 Å². The summed E-state index contributed by atoms with van der Waals surface area (Å²) < 4.78 is 40.2. The molecule has 1 saturated heterocycles. The molecular weight excluding hydrogens is 441 g/mol. The van der Waals surface area contributed by atoms with Gasteiger partial charge in [-0.1, -0.05) is 63.2 Å². The van der Waals surface area contributed by atoms with Crippen molar-refractivity contribution in [1.82, 2.24) is 9.80 Å². The number of carbonyl (C=O) groups is 2. The van der Waals surface area contributed by atoms with Gasteiger partial charge in [-0.15, -0.1) is 0 Å². The zero-order chi connectivity index (χ0) is 24.7. The summed E-state index contributed by atoms with van der Waals surface area (Å²) in [5.41, 5.74) is 1.81. The van der Waals surface area contributed by atoms with Crippen molar-refractivity contribution in [1.29, 1.82) is 0 Å². The van der Waals surface area contributed by atoms with Crippen molar-refractivity contribution >= 4 is 11.8 Å². The van der Waals surface area contributed by atoms with Crippen LogP contribution in [0.1, 0.15) is 55.4 Å². The molecule has 7 heteroatoms. The molecule has 2 unspecified atom stereocenters. The highest BCUT2D eigenvalue weighted by atomic mass is 19.4. The molecule has 1 fully saturated rings. The average molecular weight is 473 g/mol. The molecule has 2 aromatic rings. The molecule has 0 spiro atoms. The maximum atomic E-state index is 13.7. The van der Waals surface area contributed by atoms with Crippen molar-refractivity contribution in [2.75, 3.05) is 19.6 Å². The molecule has 4 rings (SSSR count). The normalized spacial score (nSPS) is 20.9. The molecule has 0 saturated carbocycles. The van der Waals surface area contributed by atoms with Crippen LogP contribution in [0.2, 0.25) is 0 Å². The number of amides is 2. The summed E-state index contributed by atoms with van der Waals surface area (Å²) in [6, 6.07) is 13.2. The highest BCUT2D eigenvalue weighted by Crippen LogP contribution is 2.38. The minimum Gasteiger partial charge on any atom is -0.341 e. The van der Waals surface area contributed by atoms with E-state index < -0.39 is 23.6 Å². The van der Waals surface area contributed by atoms with Gasteiger partial charge in [-0.2, -0.15) is 13.2 Å². The number of carbonyl (C=O) groups excluding carboxylic acids is 2. The van der Waals surface area contributed by atoms with E-state index in [0.717, 1.165) is 24.1 Å². The van der Waals surface area contributed by atoms with Gasteiger partial charge >= 0.3 is 6.18 Å². The standard InChI is InChI=1S/C27H31F3N2O2/c1-26(2,3)14-24(33)32-16-22(19-9-6-10-21(13-19)27(28,29)30)23(17-32)25(34)31-12-11-18-7-4-5-8-20(18)15-31/h4-10,13,22-23H,11-12,14-17H2,1-3H3. The first-order valence-electron chi connectivity index (χ1n) is 11.7. The Hall–Kier alpha value is -2.83. The van der Waals surface area contributed by atoms with Crippen LogP contribution < -0.4 is 0 Å². The number of benzene rings is 2. The van der Waals surface area contributed by atoms with Gasteiger partial charge in [0.15, 0.2) is 0 Å². The van der Waals surface area contributed by atoms with Gasteiger partial charge in [0.2, 0.25) is 11.8 Å². The van der Waals surface area contributed by atoms with Crippen LogP contribution in [-0.4, -0.2) is 41.2 Å². The molecule has 0 N–H and O–H groups in total. The summed E-state index contributed by atoms with van der Waals surface area (Å²) in [6.07, 6.45) is -3.40. The van der Waals surface area contributed by atoms with E-state index in [4.69, 9.17) is 0 Å². The van der Waals surface area contributed by atoms with E-state index in [2.05, 4.69) is 6.07 Å². The Morgan fingerprint density at radius 2 is 1.65 bits per heavy atom. The number of alkyl halides is 3. The first-order chi connectivity index (χ1) is 15.9. The lowest BCUT2D eigenvalue weighted by molar-refractivity contribution is -0.138. The highest BCUT2D eigenvalue weighted by Gasteiger charge is 2.43. The lowest BCUT2D eigenvalue weighted by atomic mass is 9.86. The summed E-state index contributed by atoms with van der Waals surface area (Å²) in [4.78, 5) is 30.1. The number of hydrogen-bond donors (Lipinski definition) is 0. The number of rotatable bonds is 3. The molecule has 34 heavy (non-hydrogen) atoms. The number of nitrogens with zero attached hydrogens (tertiary/aromatic N) is 2. The quantitative estimate of drug-likeness (QED) is 0.611. The summed E-state index contributed by atoms with van der Waals surface area (Å²) in [5, 5.41) is 0. The number of fused-ring (bicyclic) bond motifs is 1. The fraction of sp³-hybridized carbons (Fsp3) is 0.481. The third-order valence-electron chi connectivity index (χ3n) is 6.76. The van der Waals surface area contributed by atoms with Gasteiger partial charge in [-0.05, 0) is 34.6 Å². The van der Waals surface area contributed by atoms with Crippen LogP contribution in [-0.2, 0) is 28.7 Å². The summed E-state index contributed by atoms with van der Waals surface area (Å²) in [5.74, 6) is -1.21. The third kappa shape index (κ3) is 5.29. The Morgan fingerprint density at radius 1 is 0.941 bits per heavy atom. The van der Waals surface area contributed by atoms with Crippen LogP contribution in [0.15, 0.2) is 48.5 Å². The van der Waals surface area contributed by atoms with Crippen molar-refractivity contribution in [2.24, 2.45) is 11.3 Å². The molecule has 2 aliphatic rings. The molecule has 2 atom stereocenters. The Kier molecular flexibility index (Phi) is 6.49. The zero-order valence-corrected chi connectivity index (χ0v) is 19.9. The fourth-order valence-electron chi connectivity index (χ4n) is 5.02. The number of hydrogen-bond acceptors (Lipinski definition) is 2. The summed E-state index contributed by atoms with van der Waals surface area (Å²) >= 11 is 0. The van der Waals surface area contributed by atoms with Crippen LogP contribution in [0.3, 0.4) is 0 Å². The van der Waals surface area contributed by atoms with E-state index in [-0.39, 0.29) is 30.3 Å². The van der Waals surface area contributed by atoms with E-state index in [9.17, 15) is 22.8 Å². The lowest BCUT2D eigenvalue weighted by Gasteiger charge is -2.32.